The first kappa shape index (κ1) is 21.0. The first-order valence-corrected chi connectivity index (χ1v) is 10.2. The minimum absolute atomic E-state index is 0.164. The van der Waals surface area contributed by atoms with Crippen molar-refractivity contribution in [1.82, 2.24) is 5.32 Å². The highest BCUT2D eigenvalue weighted by Gasteiger charge is 2.25. The van der Waals surface area contributed by atoms with Crippen LogP contribution in [-0.4, -0.2) is 34.2 Å². The van der Waals surface area contributed by atoms with Crippen LogP contribution in [0.5, 0.6) is 5.75 Å². The smallest absolute Gasteiger partial charge is 0.241 e. The minimum atomic E-state index is -3.78. The third-order valence-corrected chi connectivity index (χ3v) is 5.21. The minimum Gasteiger partial charge on any atom is -0.495 e. The maximum absolute atomic E-state index is 13.0. The van der Waals surface area contributed by atoms with E-state index in [9.17, 15) is 17.6 Å². The molecule has 0 unspecified atom stereocenters. The third-order valence-electron chi connectivity index (χ3n) is 3.84. The lowest BCUT2D eigenvalue weighted by molar-refractivity contribution is -0.120. The van der Waals surface area contributed by atoms with Crippen molar-refractivity contribution < 1.29 is 22.3 Å². The summed E-state index contributed by atoms with van der Waals surface area (Å²) in [5, 5.41) is 3.00. The second kappa shape index (κ2) is 8.58. The van der Waals surface area contributed by atoms with Crippen LogP contribution in [0.25, 0.3) is 0 Å². The van der Waals surface area contributed by atoms with E-state index < -0.39 is 28.5 Å². The molecule has 0 bridgehead atoms. The zero-order valence-corrected chi connectivity index (χ0v) is 16.6. The second-order valence-electron chi connectivity index (χ2n) is 5.93. The van der Waals surface area contributed by atoms with Gasteiger partial charge in [-0.3, -0.25) is 9.10 Å². The molecule has 1 atom stereocenters. The fourth-order valence-corrected chi connectivity index (χ4v) is 3.51. The molecule has 0 aliphatic rings. The maximum Gasteiger partial charge on any atom is 0.241 e. The van der Waals surface area contributed by atoms with Gasteiger partial charge in [-0.15, -0.1) is 0 Å². The summed E-state index contributed by atoms with van der Waals surface area (Å²) in [6.45, 7) is 1.26. The number of methoxy groups -OCH3 is 1. The van der Waals surface area contributed by atoms with Gasteiger partial charge in [0.2, 0.25) is 15.9 Å². The molecule has 0 saturated carbocycles. The molecule has 0 fully saturated rings. The third kappa shape index (κ3) is 5.58. The zero-order valence-electron chi connectivity index (χ0n) is 15.1. The fourth-order valence-electron chi connectivity index (χ4n) is 2.49. The van der Waals surface area contributed by atoms with Crippen LogP contribution in [0.3, 0.4) is 0 Å². The summed E-state index contributed by atoms with van der Waals surface area (Å²) < 4.78 is 43.6. The van der Waals surface area contributed by atoms with Gasteiger partial charge in [-0.05, 0) is 42.8 Å². The van der Waals surface area contributed by atoms with Crippen LogP contribution in [0.2, 0.25) is 5.02 Å². The van der Waals surface area contributed by atoms with Crippen molar-refractivity contribution in [2.24, 2.45) is 0 Å². The van der Waals surface area contributed by atoms with Crippen LogP contribution in [0.15, 0.2) is 42.5 Å². The van der Waals surface area contributed by atoms with E-state index >= 15 is 0 Å². The number of nitrogens with one attached hydrogen (secondary N) is 1. The molecule has 1 N–H and O–H groups in total. The van der Waals surface area contributed by atoms with E-state index in [4.69, 9.17) is 16.3 Å². The Balaban J connectivity index is 2.23. The van der Waals surface area contributed by atoms with Crippen LogP contribution in [0.4, 0.5) is 10.1 Å². The second-order valence-corrected chi connectivity index (χ2v) is 8.27. The SMILES string of the molecule is COc1ccc(Cl)cc1N(CC(=O)N[C@@H](C)c1ccc(F)cc1)S(C)(=O)=O. The summed E-state index contributed by atoms with van der Waals surface area (Å²) in [5.41, 5.74) is 0.855. The van der Waals surface area contributed by atoms with Crippen LogP contribution in [0, 0.1) is 5.82 Å². The molecule has 2 aromatic carbocycles. The Morgan fingerprint density at radius 3 is 2.44 bits per heavy atom. The van der Waals surface area contributed by atoms with Crippen molar-refractivity contribution in [3.05, 3.63) is 58.9 Å². The van der Waals surface area contributed by atoms with Gasteiger partial charge in [-0.25, -0.2) is 12.8 Å². The molecule has 9 heteroatoms. The molecule has 0 aliphatic carbocycles. The fraction of sp³-hybridized carbons (Fsp3) is 0.278. The highest BCUT2D eigenvalue weighted by molar-refractivity contribution is 7.92. The van der Waals surface area contributed by atoms with E-state index in [0.29, 0.717) is 10.6 Å². The molecule has 0 aromatic heterocycles. The molecule has 0 heterocycles. The normalized spacial score (nSPS) is 12.3. The number of hydrogen-bond donors (Lipinski definition) is 1. The molecular formula is C18H20ClFN2O4S. The van der Waals surface area contributed by atoms with E-state index in [1.807, 2.05) is 0 Å². The lowest BCUT2D eigenvalue weighted by atomic mass is 10.1. The van der Waals surface area contributed by atoms with Crippen LogP contribution >= 0.6 is 11.6 Å². The van der Waals surface area contributed by atoms with Gasteiger partial charge in [0, 0.05) is 5.02 Å². The van der Waals surface area contributed by atoms with Crippen molar-refractivity contribution in [1.29, 1.82) is 0 Å². The molecule has 146 valence electrons. The number of benzene rings is 2. The molecule has 0 saturated heterocycles. The molecular weight excluding hydrogens is 395 g/mol. The number of hydrogen-bond acceptors (Lipinski definition) is 4. The standard InChI is InChI=1S/C18H20ClFN2O4S/c1-12(13-4-7-15(20)8-5-13)21-18(23)11-22(27(3,24)25)16-10-14(19)6-9-17(16)26-2/h4-10,12H,11H2,1-3H3,(H,21,23)/t12-/m0/s1. The number of ether oxygens (including phenoxy) is 1. The first-order valence-electron chi connectivity index (χ1n) is 7.98. The van der Waals surface area contributed by atoms with Crippen molar-refractivity contribution >= 4 is 33.2 Å². The van der Waals surface area contributed by atoms with Gasteiger partial charge in [0.25, 0.3) is 0 Å². The van der Waals surface area contributed by atoms with Gasteiger partial charge >= 0.3 is 0 Å². The van der Waals surface area contributed by atoms with E-state index in [2.05, 4.69) is 5.32 Å². The molecule has 27 heavy (non-hydrogen) atoms. The lowest BCUT2D eigenvalue weighted by Gasteiger charge is -2.25. The Morgan fingerprint density at radius 2 is 1.89 bits per heavy atom. The molecule has 0 aliphatic heterocycles. The number of nitrogens with zero attached hydrogens (tertiary/aromatic N) is 1. The predicted octanol–water partition coefficient (Wildman–Crippen LogP) is 3.13. The summed E-state index contributed by atoms with van der Waals surface area (Å²) in [5.74, 6) is -0.642. The molecule has 2 rings (SSSR count). The molecule has 0 radical (unpaired) electrons. The Hall–Kier alpha value is -2.32. The van der Waals surface area contributed by atoms with Crippen molar-refractivity contribution in [3.8, 4) is 5.75 Å². The van der Waals surface area contributed by atoms with Gasteiger partial charge < -0.3 is 10.1 Å². The zero-order chi connectivity index (χ0) is 20.2. The van der Waals surface area contributed by atoms with Gasteiger partial charge in [0.15, 0.2) is 0 Å². The van der Waals surface area contributed by atoms with Gasteiger partial charge in [0.1, 0.15) is 18.1 Å². The van der Waals surface area contributed by atoms with Gasteiger partial charge in [-0.1, -0.05) is 23.7 Å². The first-order chi connectivity index (χ1) is 12.6. The molecule has 1 amide bonds. The number of carbonyl (C=O) groups excluding carboxylic acids is 1. The van der Waals surface area contributed by atoms with Crippen LogP contribution in [-0.2, 0) is 14.8 Å². The highest BCUT2D eigenvalue weighted by atomic mass is 35.5. The van der Waals surface area contributed by atoms with Gasteiger partial charge in [0.05, 0.1) is 25.1 Å². The van der Waals surface area contributed by atoms with Crippen LogP contribution in [0.1, 0.15) is 18.5 Å². The summed E-state index contributed by atoms with van der Waals surface area (Å²) in [7, 11) is -2.39. The summed E-state index contributed by atoms with van der Waals surface area (Å²) in [6, 6.07) is 9.74. The Bertz CT molecular complexity index is 919. The van der Waals surface area contributed by atoms with Gasteiger partial charge in [-0.2, -0.15) is 0 Å². The topological polar surface area (TPSA) is 75.7 Å². The highest BCUT2D eigenvalue weighted by Crippen LogP contribution is 2.32. The molecule has 6 nitrogen and oxygen atoms in total. The number of anilines is 1. The van der Waals surface area contributed by atoms with Crippen molar-refractivity contribution in [3.63, 3.8) is 0 Å². The van der Waals surface area contributed by atoms with E-state index in [1.54, 1.807) is 25.1 Å². The monoisotopic (exact) mass is 414 g/mol. The number of carbonyl (C=O) groups is 1. The Labute approximate surface area is 162 Å². The average molecular weight is 415 g/mol. The molecule has 2 aromatic rings. The molecule has 0 spiro atoms. The maximum atomic E-state index is 13.0. The quantitative estimate of drug-likeness (QED) is 0.755. The number of amides is 1. The number of rotatable bonds is 7. The lowest BCUT2D eigenvalue weighted by Crippen LogP contribution is -2.41. The summed E-state index contributed by atoms with van der Waals surface area (Å²) >= 11 is 5.97. The van der Waals surface area contributed by atoms with E-state index in [0.717, 1.165) is 10.6 Å². The summed E-state index contributed by atoms with van der Waals surface area (Å²) in [6.07, 6.45) is 0.990. The largest absolute Gasteiger partial charge is 0.495 e. The number of halogens is 2. The summed E-state index contributed by atoms with van der Waals surface area (Å²) in [4.78, 5) is 12.4. The van der Waals surface area contributed by atoms with Crippen molar-refractivity contribution in [2.75, 3.05) is 24.2 Å². The van der Waals surface area contributed by atoms with Crippen molar-refractivity contribution in [2.45, 2.75) is 13.0 Å². The van der Waals surface area contributed by atoms with Crippen LogP contribution < -0.4 is 14.4 Å². The number of sulfonamides is 1. The Kier molecular flexibility index (Phi) is 6.67. The van der Waals surface area contributed by atoms with E-state index in [1.165, 1.54) is 31.4 Å². The predicted molar refractivity (Wildman–Crippen MR) is 103 cm³/mol. The average Bonchev–Trinajstić information content (AvgIpc) is 2.59. The Morgan fingerprint density at radius 1 is 1.26 bits per heavy atom. The van der Waals surface area contributed by atoms with E-state index in [-0.39, 0.29) is 17.3 Å².